The van der Waals surface area contributed by atoms with E-state index in [0.717, 1.165) is 0 Å². The van der Waals surface area contributed by atoms with Crippen molar-refractivity contribution in [1.29, 1.82) is 0 Å². The van der Waals surface area contributed by atoms with Crippen LogP contribution in [0.25, 0.3) is 0 Å². The van der Waals surface area contributed by atoms with Gasteiger partial charge in [-0.2, -0.15) is 0 Å². The number of amides is 1. The van der Waals surface area contributed by atoms with E-state index in [-0.39, 0.29) is 29.6 Å². The summed E-state index contributed by atoms with van der Waals surface area (Å²) < 4.78 is 16.0. The van der Waals surface area contributed by atoms with Gasteiger partial charge in [-0.1, -0.05) is 13.8 Å². The molecule has 1 aliphatic rings. The number of carboxylic acid groups (broad SMARTS) is 1. The highest BCUT2D eigenvalue weighted by Gasteiger charge is 2.34. The Morgan fingerprint density at radius 2 is 2.04 bits per heavy atom. The zero-order valence-corrected chi connectivity index (χ0v) is 15.3. The molecule has 1 atom stereocenters. The third-order valence-electron chi connectivity index (χ3n) is 3.82. The summed E-state index contributed by atoms with van der Waals surface area (Å²) in [5, 5.41) is 13.0. The zero-order valence-electron chi connectivity index (χ0n) is 15.3. The molecule has 1 N–H and O–H groups in total. The summed E-state index contributed by atoms with van der Waals surface area (Å²) in [4.78, 5) is 24.8. The minimum Gasteiger partial charge on any atom is -0.481 e. The molecule has 1 saturated heterocycles. The van der Waals surface area contributed by atoms with Crippen molar-refractivity contribution in [3.8, 4) is 5.88 Å². The first-order valence-corrected chi connectivity index (χ1v) is 8.37. The van der Waals surface area contributed by atoms with Gasteiger partial charge in [0.1, 0.15) is 11.5 Å². The summed E-state index contributed by atoms with van der Waals surface area (Å²) in [5.41, 5.74) is -0.507. The van der Waals surface area contributed by atoms with Crippen LogP contribution in [0.2, 0.25) is 0 Å². The van der Waals surface area contributed by atoms with Crippen LogP contribution in [-0.4, -0.2) is 52.5 Å². The van der Waals surface area contributed by atoms with Gasteiger partial charge in [0.2, 0.25) is 0 Å². The second-order valence-corrected chi connectivity index (χ2v) is 7.69. The number of hydrogen-bond acceptors (Lipinski definition) is 6. The highest BCUT2D eigenvalue weighted by atomic mass is 16.6. The molecule has 2 heterocycles. The van der Waals surface area contributed by atoms with Crippen LogP contribution in [0.1, 0.15) is 46.3 Å². The number of rotatable bonds is 6. The number of carboxylic acids is 1. The maximum atomic E-state index is 11.8. The zero-order chi connectivity index (χ0) is 18.8. The van der Waals surface area contributed by atoms with E-state index in [1.54, 1.807) is 18.7 Å². The fraction of sp³-hybridized carbons (Fsp3) is 0.706. The minimum absolute atomic E-state index is 0.118. The fourth-order valence-corrected chi connectivity index (χ4v) is 2.58. The van der Waals surface area contributed by atoms with Crippen molar-refractivity contribution < 1.29 is 28.7 Å². The van der Waals surface area contributed by atoms with Gasteiger partial charge in [-0.15, -0.1) is 0 Å². The summed E-state index contributed by atoms with van der Waals surface area (Å²) in [6.07, 6.45) is -0.325. The second-order valence-electron chi connectivity index (χ2n) is 7.69. The Morgan fingerprint density at radius 1 is 1.40 bits per heavy atom. The molecule has 0 saturated carbocycles. The maximum absolute atomic E-state index is 11.8. The average molecular weight is 354 g/mol. The van der Waals surface area contributed by atoms with E-state index >= 15 is 0 Å². The van der Waals surface area contributed by atoms with Gasteiger partial charge < -0.3 is 24.0 Å². The quantitative estimate of drug-likeness (QED) is 0.838. The Labute approximate surface area is 147 Å². The third-order valence-corrected chi connectivity index (χ3v) is 3.82. The maximum Gasteiger partial charge on any atom is 0.410 e. The Balaban J connectivity index is 1.79. The van der Waals surface area contributed by atoms with E-state index in [2.05, 4.69) is 5.16 Å². The molecule has 1 aromatic rings. The van der Waals surface area contributed by atoms with E-state index in [0.29, 0.717) is 19.7 Å². The average Bonchev–Trinajstić information content (AvgIpc) is 2.82. The van der Waals surface area contributed by atoms with Gasteiger partial charge in [-0.3, -0.25) is 4.79 Å². The third kappa shape index (κ3) is 5.11. The van der Waals surface area contributed by atoms with Crippen LogP contribution in [0.3, 0.4) is 0 Å². The first-order chi connectivity index (χ1) is 11.6. The number of carbonyl (C=O) groups excluding carboxylic acids is 1. The SMILES string of the molecule is CC(C)C(C(=O)O)c1cc(OCC2CN(C(=O)OC(C)(C)C)C2)no1. The first-order valence-electron chi connectivity index (χ1n) is 8.37. The number of likely N-dealkylation sites (tertiary alicyclic amines) is 1. The van der Waals surface area contributed by atoms with E-state index in [9.17, 15) is 14.7 Å². The molecule has 0 spiro atoms. The van der Waals surface area contributed by atoms with Gasteiger partial charge >= 0.3 is 12.1 Å². The van der Waals surface area contributed by atoms with Gasteiger partial charge in [0.25, 0.3) is 5.88 Å². The number of carbonyl (C=O) groups is 2. The first kappa shape index (κ1) is 19.1. The van der Waals surface area contributed by atoms with Crippen LogP contribution in [0.4, 0.5) is 4.79 Å². The highest BCUT2D eigenvalue weighted by Crippen LogP contribution is 2.28. The van der Waals surface area contributed by atoms with Crippen molar-refractivity contribution in [2.24, 2.45) is 11.8 Å². The van der Waals surface area contributed by atoms with Gasteiger partial charge in [-0.25, -0.2) is 4.79 Å². The van der Waals surface area contributed by atoms with Crippen LogP contribution in [0.15, 0.2) is 10.6 Å². The molecule has 0 radical (unpaired) electrons. The largest absolute Gasteiger partial charge is 0.481 e. The number of ether oxygens (including phenoxy) is 2. The van der Waals surface area contributed by atoms with Crippen molar-refractivity contribution in [2.75, 3.05) is 19.7 Å². The fourth-order valence-electron chi connectivity index (χ4n) is 2.58. The molecule has 1 aliphatic heterocycles. The van der Waals surface area contributed by atoms with E-state index in [4.69, 9.17) is 14.0 Å². The van der Waals surface area contributed by atoms with Gasteiger partial charge in [0, 0.05) is 25.1 Å². The summed E-state index contributed by atoms with van der Waals surface area (Å²) >= 11 is 0. The normalized spacial score (nSPS) is 16.5. The van der Waals surface area contributed by atoms with Crippen LogP contribution < -0.4 is 4.74 Å². The monoisotopic (exact) mass is 354 g/mol. The van der Waals surface area contributed by atoms with Gasteiger partial charge in [0.15, 0.2) is 5.76 Å². The van der Waals surface area contributed by atoms with Crippen LogP contribution in [0.5, 0.6) is 5.88 Å². The van der Waals surface area contributed by atoms with Crippen molar-refractivity contribution in [3.05, 3.63) is 11.8 Å². The Kier molecular flexibility index (Phi) is 5.59. The van der Waals surface area contributed by atoms with E-state index in [1.165, 1.54) is 6.07 Å². The predicted octanol–water partition coefficient (Wildman–Crippen LogP) is 2.74. The summed E-state index contributed by atoms with van der Waals surface area (Å²) in [6.45, 7) is 10.6. The number of nitrogens with zero attached hydrogens (tertiary/aromatic N) is 2. The smallest absolute Gasteiger partial charge is 0.410 e. The van der Waals surface area contributed by atoms with Crippen LogP contribution in [-0.2, 0) is 9.53 Å². The van der Waals surface area contributed by atoms with Gasteiger partial charge in [0.05, 0.1) is 6.61 Å². The second kappa shape index (κ2) is 7.33. The van der Waals surface area contributed by atoms with Gasteiger partial charge in [-0.05, 0) is 31.8 Å². The molecule has 140 valence electrons. The topological polar surface area (TPSA) is 102 Å². The molecule has 8 heteroatoms. The molecule has 1 aromatic heterocycles. The summed E-state index contributed by atoms with van der Waals surface area (Å²) in [5.74, 6) is -1.10. The molecule has 0 aromatic carbocycles. The number of aromatic nitrogens is 1. The van der Waals surface area contributed by atoms with E-state index in [1.807, 2.05) is 20.8 Å². The lowest BCUT2D eigenvalue weighted by Gasteiger charge is -2.39. The molecule has 0 bridgehead atoms. The molecule has 2 rings (SSSR count). The lowest BCUT2D eigenvalue weighted by molar-refractivity contribution is -0.140. The Hall–Kier alpha value is -2.25. The minimum atomic E-state index is -0.954. The van der Waals surface area contributed by atoms with Crippen LogP contribution in [0, 0.1) is 11.8 Å². The Bertz CT molecular complexity index is 613. The highest BCUT2D eigenvalue weighted by molar-refractivity contribution is 5.75. The molecule has 25 heavy (non-hydrogen) atoms. The molecular weight excluding hydrogens is 328 g/mol. The lowest BCUT2D eigenvalue weighted by Crippen LogP contribution is -2.53. The van der Waals surface area contributed by atoms with E-state index < -0.39 is 17.5 Å². The summed E-state index contributed by atoms with van der Waals surface area (Å²) in [7, 11) is 0. The van der Waals surface area contributed by atoms with Crippen LogP contribution >= 0.6 is 0 Å². The molecule has 1 amide bonds. The van der Waals surface area contributed by atoms with Crippen molar-refractivity contribution >= 4 is 12.1 Å². The number of aliphatic carboxylic acids is 1. The molecule has 0 aliphatic carbocycles. The van der Waals surface area contributed by atoms with Crippen molar-refractivity contribution in [3.63, 3.8) is 0 Å². The molecule has 1 fully saturated rings. The molecular formula is C17H26N2O6. The number of hydrogen-bond donors (Lipinski definition) is 1. The summed E-state index contributed by atoms with van der Waals surface area (Å²) in [6, 6.07) is 1.52. The van der Waals surface area contributed by atoms with Crippen molar-refractivity contribution in [1.82, 2.24) is 10.1 Å². The predicted molar refractivity (Wildman–Crippen MR) is 88.5 cm³/mol. The Morgan fingerprint density at radius 3 is 2.56 bits per heavy atom. The standard InChI is InChI=1S/C17H26N2O6/c1-10(2)14(15(20)21)12-6-13(18-25-12)23-9-11-7-19(8-11)16(22)24-17(3,4)5/h6,10-11,14H,7-9H2,1-5H3,(H,20,21). The van der Waals surface area contributed by atoms with Crippen molar-refractivity contribution in [2.45, 2.75) is 46.1 Å². The lowest BCUT2D eigenvalue weighted by atomic mass is 9.93. The molecule has 8 nitrogen and oxygen atoms in total. The molecule has 1 unspecified atom stereocenters.